The van der Waals surface area contributed by atoms with E-state index >= 15 is 0 Å². The van der Waals surface area contributed by atoms with Gasteiger partial charge in [-0.3, -0.25) is 4.79 Å². The molecule has 36 heavy (non-hydrogen) atoms. The van der Waals surface area contributed by atoms with Gasteiger partial charge in [0, 0.05) is 0 Å². The number of carbonyl (C=O) groups is 2. The molecular weight excluding hydrogens is 474 g/mol. The molecule has 1 amide bonds. The Labute approximate surface area is 213 Å². The smallest absolute Gasteiger partial charge is 0.416 e. The van der Waals surface area contributed by atoms with Gasteiger partial charge in [0.05, 0.1) is 17.7 Å². The minimum Gasteiger partial charge on any atom is -0.464 e. The lowest BCUT2D eigenvalue weighted by molar-refractivity contribution is -0.147. The summed E-state index contributed by atoms with van der Waals surface area (Å²) in [6.45, 7) is 5.76. The Kier molecular flexibility index (Phi) is 15.4. The molecule has 0 radical (unpaired) electrons. The summed E-state index contributed by atoms with van der Waals surface area (Å²) in [6, 6.07) is 0.514. The van der Waals surface area contributed by atoms with Gasteiger partial charge < -0.3 is 10.1 Å². The van der Waals surface area contributed by atoms with Crippen LogP contribution in [0.5, 0.6) is 0 Å². The highest BCUT2D eigenvalue weighted by molar-refractivity contribution is 5.97. The van der Waals surface area contributed by atoms with E-state index in [1.165, 1.54) is 57.8 Å². The second-order valence-electron chi connectivity index (χ2n) is 9.80. The largest absolute Gasteiger partial charge is 0.464 e. The molecule has 1 aromatic carbocycles. The number of halogens is 4. The molecule has 0 aromatic heterocycles. The Hall–Kier alpha value is -2.12. The van der Waals surface area contributed by atoms with Gasteiger partial charge in [-0.05, 0) is 30.5 Å². The monoisotopic (exact) mass is 517 g/mol. The molecule has 0 saturated carbocycles. The van der Waals surface area contributed by atoms with Crippen LogP contribution in [0.25, 0.3) is 0 Å². The molecule has 0 fully saturated rings. The summed E-state index contributed by atoms with van der Waals surface area (Å²) in [5, 5.41) is 2.33. The highest BCUT2D eigenvalue weighted by atomic mass is 19.4. The second-order valence-corrected chi connectivity index (χ2v) is 9.80. The van der Waals surface area contributed by atoms with Gasteiger partial charge in [0.15, 0.2) is 0 Å². The van der Waals surface area contributed by atoms with Crippen molar-refractivity contribution in [1.82, 2.24) is 5.32 Å². The van der Waals surface area contributed by atoms with Crippen molar-refractivity contribution >= 4 is 11.9 Å². The standard InChI is InChI=1S/C28H43F4NO3/c1-4-5-6-7-8-9-10-11-12-13-14-15-16-19-36-27(35)25(21(2)3)33-26(34)23-20-22(28(30,31)32)17-18-24(23)29/h17-18,20-21,25H,4-16,19H2,1-3H3,(H,33,34). The van der Waals surface area contributed by atoms with Crippen LogP contribution < -0.4 is 5.32 Å². The zero-order valence-corrected chi connectivity index (χ0v) is 22.0. The lowest BCUT2D eigenvalue weighted by atomic mass is 10.0. The van der Waals surface area contributed by atoms with E-state index < -0.39 is 41.0 Å². The summed E-state index contributed by atoms with van der Waals surface area (Å²) >= 11 is 0. The van der Waals surface area contributed by atoms with Crippen LogP contribution >= 0.6 is 0 Å². The summed E-state index contributed by atoms with van der Waals surface area (Å²) in [4.78, 5) is 24.9. The molecule has 0 aliphatic rings. The Bertz CT molecular complexity index is 781. The molecule has 1 aromatic rings. The fraction of sp³-hybridized carbons (Fsp3) is 0.714. The van der Waals surface area contributed by atoms with E-state index in [2.05, 4.69) is 12.2 Å². The van der Waals surface area contributed by atoms with Gasteiger partial charge in [-0.1, -0.05) is 97.8 Å². The predicted molar refractivity (Wildman–Crippen MR) is 134 cm³/mol. The van der Waals surface area contributed by atoms with E-state index in [1.807, 2.05) is 0 Å². The summed E-state index contributed by atoms with van der Waals surface area (Å²) in [6.07, 6.45) is 10.8. The molecule has 4 nitrogen and oxygen atoms in total. The Morgan fingerprint density at radius 1 is 0.861 bits per heavy atom. The number of amides is 1. The van der Waals surface area contributed by atoms with E-state index in [1.54, 1.807) is 13.8 Å². The summed E-state index contributed by atoms with van der Waals surface area (Å²) < 4.78 is 58.1. The van der Waals surface area contributed by atoms with Crippen molar-refractivity contribution in [3.8, 4) is 0 Å². The second kappa shape index (κ2) is 17.4. The lowest BCUT2D eigenvalue weighted by Gasteiger charge is -2.21. The molecule has 1 unspecified atom stereocenters. The summed E-state index contributed by atoms with van der Waals surface area (Å²) in [5.74, 6) is -3.25. The highest BCUT2D eigenvalue weighted by Gasteiger charge is 2.33. The summed E-state index contributed by atoms with van der Waals surface area (Å²) in [7, 11) is 0. The van der Waals surface area contributed by atoms with Crippen molar-refractivity contribution in [2.45, 2.75) is 116 Å². The van der Waals surface area contributed by atoms with Gasteiger partial charge >= 0.3 is 12.1 Å². The van der Waals surface area contributed by atoms with Gasteiger partial charge in [0.2, 0.25) is 0 Å². The first-order valence-corrected chi connectivity index (χ1v) is 13.4. The molecule has 206 valence electrons. The van der Waals surface area contributed by atoms with Crippen LogP contribution in [-0.2, 0) is 15.7 Å². The fourth-order valence-corrected chi connectivity index (χ4v) is 3.97. The number of nitrogens with one attached hydrogen (secondary N) is 1. The number of ether oxygens (including phenoxy) is 1. The maximum atomic E-state index is 14.0. The van der Waals surface area contributed by atoms with Gasteiger partial charge in [-0.25, -0.2) is 9.18 Å². The molecule has 1 atom stereocenters. The Morgan fingerprint density at radius 3 is 1.83 bits per heavy atom. The Balaban J connectivity index is 2.31. The molecular formula is C28H43F4NO3. The quantitative estimate of drug-likeness (QED) is 0.121. The molecule has 0 saturated heterocycles. The van der Waals surface area contributed by atoms with Crippen molar-refractivity contribution < 1.29 is 31.9 Å². The number of rotatable bonds is 18. The average Bonchev–Trinajstić information content (AvgIpc) is 2.81. The normalized spacial score (nSPS) is 12.6. The van der Waals surface area contributed by atoms with E-state index in [4.69, 9.17) is 4.74 Å². The Morgan fingerprint density at radius 2 is 1.36 bits per heavy atom. The summed E-state index contributed by atoms with van der Waals surface area (Å²) in [5.41, 5.74) is -1.90. The number of unbranched alkanes of at least 4 members (excludes halogenated alkanes) is 12. The highest BCUT2D eigenvalue weighted by Crippen LogP contribution is 2.30. The average molecular weight is 518 g/mol. The third-order valence-corrected chi connectivity index (χ3v) is 6.24. The number of benzene rings is 1. The van der Waals surface area contributed by atoms with Crippen LogP contribution in [0.3, 0.4) is 0 Å². The van der Waals surface area contributed by atoms with Gasteiger partial charge in [-0.15, -0.1) is 0 Å². The van der Waals surface area contributed by atoms with Crippen molar-refractivity contribution in [1.29, 1.82) is 0 Å². The molecule has 8 heteroatoms. The SMILES string of the molecule is CCCCCCCCCCCCCCCOC(=O)C(NC(=O)c1cc(C(F)(F)F)ccc1F)C(C)C. The minimum absolute atomic E-state index is 0.202. The third kappa shape index (κ3) is 12.7. The molecule has 0 spiro atoms. The number of alkyl halides is 3. The zero-order chi connectivity index (χ0) is 27.0. The maximum absolute atomic E-state index is 14.0. The van der Waals surface area contributed by atoms with Crippen LogP contribution in [0.2, 0.25) is 0 Å². The first kappa shape index (κ1) is 31.9. The molecule has 0 heterocycles. The minimum atomic E-state index is -4.72. The lowest BCUT2D eigenvalue weighted by Crippen LogP contribution is -2.45. The zero-order valence-electron chi connectivity index (χ0n) is 22.0. The van der Waals surface area contributed by atoms with Gasteiger partial charge in [0.25, 0.3) is 5.91 Å². The van der Waals surface area contributed by atoms with E-state index in [0.717, 1.165) is 19.3 Å². The van der Waals surface area contributed by atoms with Crippen LogP contribution in [0.15, 0.2) is 18.2 Å². The van der Waals surface area contributed by atoms with Crippen LogP contribution in [-0.4, -0.2) is 24.5 Å². The van der Waals surface area contributed by atoms with Crippen LogP contribution in [0, 0.1) is 11.7 Å². The first-order valence-electron chi connectivity index (χ1n) is 13.4. The van der Waals surface area contributed by atoms with E-state index in [9.17, 15) is 27.2 Å². The molecule has 1 N–H and O–H groups in total. The van der Waals surface area contributed by atoms with Crippen molar-refractivity contribution in [2.24, 2.45) is 5.92 Å². The topological polar surface area (TPSA) is 55.4 Å². The van der Waals surface area contributed by atoms with Gasteiger partial charge in [-0.2, -0.15) is 13.2 Å². The van der Waals surface area contributed by atoms with Gasteiger partial charge in [0.1, 0.15) is 11.9 Å². The van der Waals surface area contributed by atoms with Crippen LogP contribution in [0.4, 0.5) is 17.6 Å². The molecule has 0 aliphatic heterocycles. The molecule has 0 aliphatic carbocycles. The molecule has 1 rings (SSSR count). The van der Waals surface area contributed by atoms with Crippen molar-refractivity contribution in [3.63, 3.8) is 0 Å². The maximum Gasteiger partial charge on any atom is 0.416 e. The predicted octanol–water partition coefficient (Wildman–Crippen LogP) is 8.23. The number of hydrogen-bond acceptors (Lipinski definition) is 3. The van der Waals surface area contributed by atoms with E-state index in [-0.39, 0.29) is 12.5 Å². The number of esters is 1. The first-order chi connectivity index (χ1) is 17.1. The van der Waals surface area contributed by atoms with Crippen LogP contribution in [0.1, 0.15) is 120 Å². The number of hydrogen-bond donors (Lipinski definition) is 1. The molecule has 0 bridgehead atoms. The van der Waals surface area contributed by atoms with Crippen molar-refractivity contribution in [2.75, 3.05) is 6.61 Å². The van der Waals surface area contributed by atoms with E-state index in [0.29, 0.717) is 24.6 Å². The fourth-order valence-electron chi connectivity index (χ4n) is 3.97. The third-order valence-electron chi connectivity index (χ3n) is 6.24. The van der Waals surface area contributed by atoms with Crippen molar-refractivity contribution in [3.05, 3.63) is 35.1 Å². The number of carbonyl (C=O) groups excluding carboxylic acids is 2.